The van der Waals surface area contributed by atoms with Crippen LogP contribution in [0.3, 0.4) is 0 Å². The second-order valence-corrected chi connectivity index (χ2v) is 7.67. The van der Waals surface area contributed by atoms with E-state index in [4.69, 9.17) is 4.74 Å². The molecule has 4 rings (SSSR count). The number of carbonyl (C=O) groups excluding carboxylic acids is 1. The molecule has 0 aliphatic carbocycles. The fraction of sp³-hybridized carbons (Fsp3) is 0.174. The largest absolute Gasteiger partial charge is 0.497 e. The molecule has 0 bridgehead atoms. The third kappa shape index (κ3) is 3.94. The fourth-order valence-corrected chi connectivity index (χ4v) is 4.33. The van der Waals surface area contributed by atoms with Gasteiger partial charge in [-0.3, -0.25) is 4.79 Å². The van der Waals surface area contributed by atoms with Gasteiger partial charge in [-0.25, -0.2) is 0 Å². The number of amides is 1. The van der Waals surface area contributed by atoms with E-state index in [1.165, 1.54) is 15.8 Å². The van der Waals surface area contributed by atoms with Crippen molar-refractivity contribution >= 4 is 28.1 Å². The van der Waals surface area contributed by atoms with Crippen molar-refractivity contribution in [1.29, 1.82) is 0 Å². The van der Waals surface area contributed by atoms with Crippen molar-refractivity contribution in [2.45, 2.75) is 12.3 Å². The number of nitrogens with one attached hydrogen (secondary N) is 2. The number of aromatic amines is 1. The number of carbonyl (C=O) groups is 1. The summed E-state index contributed by atoms with van der Waals surface area (Å²) in [6.07, 6.45) is 2.39. The number of benzene rings is 2. The Labute approximate surface area is 168 Å². The molecule has 0 unspecified atom stereocenters. The molecule has 0 saturated heterocycles. The molecular weight excluding hydrogens is 368 g/mol. The summed E-state index contributed by atoms with van der Waals surface area (Å²) in [4.78, 5) is 17.2. The minimum absolute atomic E-state index is 0.00894. The molecular formula is C23H22N2O2S. The number of thiophene rings is 1. The van der Waals surface area contributed by atoms with Crippen LogP contribution in [0, 0.1) is 0 Å². The summed E-state index contributed by atoms with van der Waals surface area (Å²) in [7, 11) is 1.63. The van der Waals surface area contributed by atoms with E-state index in [0.717, 1.165) is 16.8 Å². The Hall–Kier alpha value is -3.05. The van der Waals surface area contributed by atoms with Gasteiger partial charge in [0.1, 0.15) is 5.75 Å². The van der Waals surface area contributed by atoms with Crippen LogP contribution >= 0.6 is 11.3 Å². The van der Waals surface area contributed by atoms with E-state index in [1.807, 2.05) is 36.4 Å². The van der Waals surface area contributed by atoms with Gasteiger partial charge in [0.05, 0.1) is 13.5 Å². The first-order valence-corrected chi connectivity index (χ1v) is 10.1. The van der Waals surface area contributed by atoms with Crippen molar-refractivity contribution in [3.63, 3.8) is 0 Å². The average Bonchev–Trinajstić information content (AvgIpc) is 3.39. The number of methoxy groups -OCH3 is 1. The second-order valence-electron chi connectivity index (χ2n) is 6.69. The van der Waals surface area contributed by atoms with Gasteiger partial charge >= 0.3 is 0 Å². The van der Waals surface area contributed by atoms with Gasteiger partial charge in [-0.1, -0.05) is 36.4 Å². The van der Waals surface area contributed by atoms with E-state index in [9.17, 15) is 4.79 Å². The average molecular weight is 391 g/mol. The zero-order valence-corrected chi connectivity index (χ0v) is 16.5. The molecule has 0 saturated carbocycles. The van der Waals surface area contributed by atoms with E-state index >= 15 is 0 Å². The Morgan fingerprint density at radius 2 is 2.04 bits per heavy atom. The Morgan fingerprint density at radius 3 is 2.86 bits per heavy atom. The third-order valence-electron chi connectivity index (χ3n) is 4.89. The van der Waals surface area contributed by atoms with Gasteiger partial charge in [-0.2, -0.15) is 0 Å². The topological polar surface area (TPSA) is 54.1 Å². The SMILES string of the molecule is COc1cccc(CC(=O)NC[C@H](c2cccs2)c2c[nH]c3ccccc23)c1. The molecule has 28 heavy (non-hydrogen) atoms. The Kier molecular flexibility index (Phi) is 5.44. The van der Waals surface area contributed by atoms with Gasteiger partial charge in [-0.05, 0) is 40.8 Å². The van der Waals surface area contributed by atoms with Gasteiger partial charge in [0.2, 0.25) is 5.91 Å². The molecule has 5 heteroatoms. The smallest absolute Gasteiger partial charge is 0.224 e. The number of ether oxygens (including phenoxy) is 1. The molecule has 0 fully saturated rings. The highest BCUT2D eigenvalue weighted by Gasteiger charge is 2.20. The van der Waals surface area contributed by atoms with Crippen LogP contribution in [0.1, 0.15) is 21.9 Å². The minimum Gasteiger partial charge on any atom is -0.497 e. The molecule has 1 atom stereocenters. The van der Waals surface area contributed by atoms with Crippen LogP contribution in [0.5, 0.6) is 5.75 Å². The Balaban J connectivity index is 1.51. The lowest BCUT2D eigenvalue weighted by Crippen LogP contribution is -2.29. The molecule has 2 aromatic heterocycles. The van der Waals surface area contributed by atoms with Crippen molar-refractivity contribution in [2.75, 3.05) is 13.7 Å². The van der Waals surface area contributed by atoms with Crippen LogP contribution in [-0.4, -0.2) is 24.5 Å². The lowest BCUT2D eigenvalue weighted by atomic mass is 9.96. The summed E-state index contributed by atoms with van der Waals surface area (Å²) in [5.74, 6) is 0.889. The maximum atomic E-state index is 12.6. The van der Waals surface area contributed by atoms with Crippen molar-refractivity contribution in [3.05, 3.63) is 88.2 Å². The third-order valence-corrected chi connectivity index (χ3v) is 5.87. The monoisotopic (exact) mass is 390 g/mol. The molecule has 0 aliphatic rings. The van der Waals surface area contributed by atoms with Crippen LogP contribution < -0.4 is 10.1 Å². The maximum absolute atomic E-state index is 12.6. The molecule has 2 N–H and O–H groups in total. The molecule has 0 aliphatic heterocycles. The Morgan fingerprint density at radius 1 is 1.14 bits per heavy atom. The van der Waals surface area contributed by atoms with Gasteiger partial charge in [0.15, 0.2) is 0 Å². The molecule has 142 valence electrons. The van der Waals surface area contributed by atoms with Crippen LogP contribution in [0.2, 0.25) is 0 Å². The van der Waals surface area contributed by atoms with Crippen molar-refractivity contribution < 1.29 is 9.53 Å². The molecule has 0 spiro atoms. The number of aromatic nitrogens is 1. The van der Waals surface area contributed by atoms with E-state index in [-0.39, 0.29) is 11.8 Å². The summed E-state index contributed by atoms with van der Waals surface area (Å²) < 4.78 is 5.24. The summed E-state index contributed by atoms with van der Waals surface area (Å²) in [6.45, 7) is 0.561. The molecule has 2 heterocycles. The molecule has 1 amide bonds. The van der Waals surface area contributed by atoms with Crippen LogP contribution in [-0.2, 0) is 11.2 Å². The number of fused-ring (bicyclic) bond motifs is 1. The van der Waals surface area contributed by atoms with Crippen molar-refractivity contribution in [3.8, 4) is 5.75 Å². The standard InChI is InChI=1S/C23H22N2O2S/c1-27-17-7-4-6-16(12-17)13-23(26)25-15-20(22-10-5-11-28-22)19-14-24-21-9-3-2-8-18(19)21/h2-12,14,20,24H,13,15H2,1H3,(H,25,26)/t20-/m0/s1. The quantitative estimate of drug-likeness (QED) is 0.479. The Bertz CT molecular complexity index is 1070. The van der Waals surface area contributed by atoms with Gasteiger partial charge in [0.25, 0.3) is 0 Å². The number of rotatable bonds is 7. The highest BCUT2D eigenvalue weighted by molar-refractivity contribution is 7.10. The highest BCUT2D eigenvalue weighted by atomic mass is 32.1. The summed E-state index contributed by atoms with van der Waals surface area (Å²) in [6, 6.07) is 20.1. The first-order chi connectivity index (χ1) is 13.7. The molecule has 0 radical (unpaired) electrons. The molecule has 4 nitrogen and oxygen atoms in total. The maximum Gasteiger partial charge on any atom is 0.224 e. The summed E-state index contributed by atoms with van der Waals surface area (Å²) in [5, 5.41) is 6.40. The molecule has 2 aromatic carbocycles. The summed E-state index contributed by atoms with van der Waals surface area (Å²) in [5.41, 5.74) is 3.26. The van der Waals surface area contributed by atoms with Gasteiger partial charge in [-0.15, -0.1) is 11.3 Å². The lowest BCUT2D eigenvalue weighted by molar-refractivity contribution is -0.120. The predicted octanol–water partition coefficient (Wildman–Crippen LogP) is 4.73. The number of hydrogen-bond acceptors (Lipinski definition) is 3. The first-order valence-electron chi connectivity index (χ1n) is 9.23. The van der Waals surface area contributed by atoms with E-state index in [1.54, 1.807) is 18.4 Å². The highest BCUT2D eigenvalue weighted by Crippen LogP contribution is 2.32. The van der Waals surface area contributed by atoms with E-state index < -0.39 is 0 Å². The van der Waals surface area contributed by atoms with E-state index in [2.05, 4.69) is 46.1 Å². The van der Waals surface area contributed by atoms with Crippen molar-refractivity contribution in [2.24, 2.45) is 0 Å². The normalized spacial score (nSPS) is 12.0. The number of H-pyrrole nitrogens is 1. The first kappa shape index (κ1) is 18.3. The summed E-state index contributed by atoms with van der Waals surface area (Å²) >= 11 is 1.72. The fourth-order valence-electron chi connectivity index (χ4n) is 3.48. The van der Waals surface area contributed by atoms with Crippen molar-refractivity contribution in [1.82, 2.24) is 10.3 Å². The van der Waals surface area contributed by atoms with E-state index in [0.29, 0.717) is 13.0 Å². The number of hydrogen-bond donors (Lipinski definition) is 2. The zero-order valence-electron chi connectivity index (χ0n) is 15.6. The van der Waals surface area contributed by atoms with Crippen LogP contribution in [0.15, 0.2) is 72.2 Å². The minimum atomic E-state index is 0.00894. The number of para-hydroxylation sites is 1. The predicted molar refractivity (Wildman–Crippen MR) is 114 cm³/mol. The van der Waals surface area contributed by atoms with Gasteiger partial charge < -0.3 is 15.0 Å². The lowest BCUT2D eigenvalue weighted by Gasteiger charge is -2.16. The van der Waals surface area contributed by atoms with Crippen LogP contribution in [0.4, 0.5) is 0 Å². The second kappa shape index (κ2) is 8.31. The zero-order chi connectivity index (χ0) is 19.3. The molecule has 4 aromatic rings. The van der Waals surface area contributed by atoms with Gasteiger partial charge in [0, 0.05) is 34.4 Å². The van der Waals surface area contributed by atoms with Crippen LogP contribution in [0.25, 0.3) is 10.9 Å².